The SMILES string of the molecule is CC(C)(C)c1ccc(Cc2nnc(CC(=O)O)o2)cc1. The number of rotatable bonds is 4. The maximum Gasteiger partial charge on any atom is 0.312 e. The second-order valence-electron chi connectivity index (χ2n) is 5.78. The van der Waals surface area contributed by atoms with Crippen LogP contribution in [0.25, 0.3) is 0 Å². The van der Waals surface area contributed by atoms with Gasteiger partial charge in [0.2, 0.25) is 11.8 Å². The van der Waals surface area contributed by atoms with E-state index in [1.54, 1.807) is 0 Å². The van der Waals surface area contributed by atoms with Crippen molar-refractivity contribution in [3.8, 4) is 0 Å². The van der Waals surface area contributed by atoms with Crippen LogP contribution in [0.2, 0.25) is 0 Å². The summed E-state index contributed by atoms with van der Waals surface area (Å²) in [6.07, 6.45) is 0.271. The summed E-state index contributed by atoms with van der Waals surface area (Å²) in [6.45, 7) is 6.49. The van der Waals surface area contributed by atoms with Gasteiger partial charge in [-0.15, -0.1) is 10.2 Å². The van der Waals surface area contributed by atoms with Gasteiger partial charge in [0.1, 0.15) is 6.42 Å². The van der Waals surface area contributed by atoms with Gasteiger partial charge in [0.05, 0.1) is 6.42 Å². The summed E-state index contributed by atoms with van der Waals surface area (Å²) in [5, 5.41) is 16.2. The molecule has 0 aliphatic carbocycles. The first-order valence-corrected chi connectivity index (χ1v) is 6.47. The number of benzene rings is 1. The van der Waals surface area contributed by atoms with Crippen LogP contribution in [0.5, 0.6) is 0 Å². The Hall–Kier alpha value is -2.17. The third-order valence-corrected chi connectivity index (χ3v) is 2.99. The van der Waals surface area contributed by atoms with Crippen LogP contribution in [0.4, 0.5) is 0 Å². The molecule has 0 unspecified atom stereocenters. The Kier molecular flexibility index (Phi) is 3.88. The molecule has 2 rings (SSSR count). The highest BCUT2D eigenvalue weighted by atomic mass is 16.4. The van der Waals surface area contributed by atoms with E-state index in [0.29, 0.717) is 12.3 Å². The Morgan fingerprint density at radius 2 is 1.75 bits per heavy atom. The van der Waals surface area contributed by atoms with E-state index < -0.39 is 5.97 Å². The van der Waals surface area contributed by atoms with E-state index >= 15 is 0 Å². The minimum absolute atomic E-state index is 0.123. The van der Waals surface area contributed by atoms with Crippen molar-refractivity contribution in [3.63, 3.8) is 0 Å². The van der Waals surface area contributed by atoms with Gasteiger partial charge in [-0.25, -0.2) is 0 Å². The van der Waals surface area contributed by atoms with Gasteiger partial charge in [0.25, 0.3) is 0 Å². The maximum atomic E-state index is 10.5. The number of hydrogen-bond donors (Lipinski definition) is 1. The molecule has 0 radical (unpaired) electrons. The Morgan fingerprint density at radius 3 is 2.30 bits per heavy atom. The molecule has 0 spiro atoms. The molecule has 1 N–H and O–H groups in total. The molecule has 106 valence electrons. The fourth-order valence-corrected chi connectivity index (χ4v) is 1.86. The minimum atomic E-state index is -0.977. The molecule has 0 amide bonds. The molecular weight excluding hydrogens is 256 g/mol. The number of hydrogen-bond acceptors (Lipinski definition) is 4. The van der Waals surface area contributed by atoms with Crippen LogP contribution in [0, 0.1) is 0 Å². The summed E-state index contributed by atoms with van der Waals surface area (Å²) >= 11 is 0. The summed E-state index contributed by atoms with van der Waals surface area (Å²) in [5.41, 5.74) is 2.44. The van der Waals surface area contributed by atoms with Gasteiger partial charge in [0.15, 0.2) is 0 Å². The van der Waals surface area contributed by atoms with Gasteiger partial charge >= 0.3 is 5.97 Å². The standard InChI is InChI=1S/C15H18N2O3/c1-15(2,3)11-6-4-10(5-7-11)8-12-16-17-13(20-12)9-14(18)19/h4-7H,8-9H2,1-3H3,(H,18,19). The number of carboxylic acids is 1. The highest BCUT2D eigenvalue weighted by Gasteiger charge is 2.14. The first-order valence-electron chi connectivity index (χ1n) is 6.47. The van der Waals surface area contributed by atoms with Crippen molar-refractivity contribution < 1.29 is 14.3 Å². The lowest BCUT2D eigenvalue weighted by Crippen LogP contribution is -2.10. The molecule has 0 atom stereocenters. The Morgan fingerprint density at radius 1 is 1.15 bits per heavy atom. The lowest BCUT2D eigenvalue weighted by atomic mass is 9.86. The quantitative estimate of drug-likeness (QED) is 0.927. The molecule has 0 bridgehead atoms. The molecule has 0 saturated carbocycles. The van der Waals surface area contributed by atoms with Crippen LogP contribution >= 0.6 is 0 Å². The fraction of sp³-hybridized carbons (Fsp3) is 0.400. The molecule has 0 aliphatic heterocycles. The first-order chi connectivity index (χ1) is 9.34. The molecule has 2 aromatic rings. The topological polar surface area (TPSA) is 76.2 Å². The second-order valence-corrected chi connectivity index (χ2v) is 5.78. The Balaban J connectivity index is 2.06. The molecule has 0 aliphatic rings. The van der Waals surface area contributed by atoms with Crippen LogP contribution in [-0.2, 0) is 23.1 Å². The van der Waals surface area contributed by atoms with Gasteiger partial charge < -0.3 is 9.52 Å². The molecule has 5 nitrogen and oxygen atoms in total. The van der Waals surface area contributed by atoms with E-state index in [1.165, 1.54) is 5.56 Å². The molecular formula is C15H18N2O3. The van der Waals surface area contributed by atoms with E-state index in [9.17, 15) is 4.79 Å². The predicted octanol–water partition coefficient (Wildman–Crippen LogP) is 2.58. The fourth-order valence-electron chi connectivity index (χ4n) is 1.86. The Labute approximate surface area is 117 Å². The van der Waals surface area contributed by atoms with E-state index in [1.807, 2.05) is 12.1 Å². The van der Waals surface area contributed by atoms with E-state index in [-0.39, 0.29) is 17.7 Å². The molecule has 5 heteroatoms. The number of nitrogens with zero attached hydrogens (tertiary/aromatic N) is 2. The smallest absolute Gasteiger partial charge is 0.312 e. The lowest BCUT2D eigenvalue weighted by Gasteiger charge is -2.18. The van der Waals surface area contributed by atoms with Gasteiger partial charge in [-0.05, 0) is 16.5 Å². The zero-order chi connectivity index (χ0) is 14.8. The monoisotopic (exact) mass is 274 g/mol. The largest absolute Gasteiger partial charge is 0.481 e. The minimum Gasteiger partial charge on any atom is -0.481 e. The molecule has 0 fully saturated rings. The normalized spacial score (nSPS) is 11.6. The highest BCUT2D eigenvalue weighted by molar-refractivity contribution is 5.68. The van der Waals surface area contributed by atoms with Gasteiger partial charge in [-0.3, -0.25) is 4.79 Å². The van der Waals surface area contributed by atoms with Crippen molar-refractivity contribution in [3.05, 3.63) is 47.2 Å². The lowest BCUT2D eigenvalue weighted by molar-refractivity contribution is -0.136. The molecule has 20 heavy (non-hydrogen) atoms. The average molecular weight is 274 g/mol. The predicted molar refractivity (Wildman–Crippen MR) is 73.6 cm³/mol. The highest BCUT2D eigenvalue weighted by Crippen LogP contribution is 2.22. The van der Waals surface area contributed by atoms with E-state index in [0.717, 1.165) is 5.56 Å². The van der Waals surface area contributed by atoms with Gasteiger partial charge in [0, 0.05) is 0 Å². The van der Waals surface area contributed by atoms with Crippen LogP contribution in [0.1, 0.15) is 43.7 Å². The summed E-state index contributed by atoms with van der Waals surface area (Å²) in [5.74, 6) is -0.404. The van der Waals surface area contributed by atoms with Crippen LogP contribution in [-0.4, -0.2) is 21.3 Å². The third kappa shape index (κ3) is 3.66. The van der Waals surface area contributed by atoms with Crippen molar-refractivity contribution >= 4 is 5.97 Å². The molecule has 1 heterocycles. The summed E-state index contributed by atoms with van der Waals surface area (Å²) in [4.78, 5) is 10.5. The number of carboxylic acid groups (broad SMARTS) is 1. The van der Waals surface area contributed by atoms with E-state index in [4.69, 9.17) is 9.52 Å². The number of aliphatic carboxylic acids is 1. The average Bonchev–Trinajstić information content (AvgIpc) is 2.75. The van der Waals surface area contributed by atoms with Crippen LogP contribution in [0.15, 0.2) is 28.7 Å². The van der Waals surface area contributed by atoms with Crippen molar-refractivity contribution in [2.75, 3.05) is 0 Å². The second kappa shape index (κ2) is 5.45. The zero-order valence-electron chi connectivity index (χ0n) is 11.9. The van der Waals surface area contributed by atoms with Crippen molar-refractivity contribution in [1.29, 1.82) is 0 Å². The molecule has 1 aromatic carbocycles. The van der Waals surface area contributed by atoms with Crippen LogP contribution in [0.3, 0.4) is 0 Å². The summed E-state index contributed by atoms with van der Waals surface area (Å²) in [7, 11) is 0. The number of carbonyl (C=O) groups is 1. The number of aromatic nitrogens is 2. The van der Waals surface area contributed by atoms with Gasteiger partial charge in [-0.1, -0.05) is 45.0 Å². The zero-order valence-corrected chi connectivity index (χ0v) is 11.9. The molecule has 0 saturated heterocycles. The first kappa shape index (κ1) is 14.2. The Bertz CT molecular complexity index is 594. The third-order valence-electron chi connectivity index (χ3n) is 2.99. The van der Waals surface area contributed by atoms with Gasteiger partial charge in [-0.2, -0.15) is 0 Å². The summed E-state index contributed by atoms with van der Waals surface area (Å²) < 4.78 is 5.29. The summed E-state index contributed by atoms with van der Waals surface area (Å²) in [6, 6.07) is 8.23. The van der Waals surface area contributed by atoms with Crippen molar-refractivity contribution in [2.45, 2.75) is 39.0 Å². The van der Waals surface area contributed by atoms with Crippen molar-refractivity contribution in [1.82, 2.24) is 10.2 Å². The maximum absolute atomic E-state index is 10.5. The molecule has 1 aromatic heterocycles. The van der Waals surface area contributed by atoms with Crippen molar-refractivity contribution in [2.24, 2.45) is 0 Å². The van der Waals surface area contributed by atoms with E-state index in [2.05, 4.69) is 43.1 Å². The van der Waals surface area contributed by atoms with Crippen LogP contribution < -0.4 is 0 Å².